The fraction of sp³-hybridized carbons (Fsp3) is 0.308. The Balaban J connectivity index is 1.08. The standard InChI is InChI=1S/C52H52N2S6/c1-5-9-15-35-37(17-11-7-3)51(59-49(35)43-19-13-31-55-43)45-29-27-41(57-45)39-25-23-33-21-22-34-24-26-40(54-48(34)47(33)53-39)42-28-30-46(58-42)52-38(18-12-8-4)36(16-10-6-2)50(60-52)44-20-14-32-56-44/h13-14,19-32H,5-12,15-18H2,1-4H3. The Hall–Kier alpha value is -3.76. The maximum atomic E-state index is 5.40. The average molecular weight is 897 g/mol. The van der Waals surface area contributed by atoms with E-state index in [1.807, 2.05) is 68.0 Å². The maximum absolute atomic E-state index is 5.40. The number of thiophene rings is 6. The lowest BCUT2D eigenvalue weighted by atomic mass is 9.97. The van der Waals surface area contributed by atoms with Gasteiger partial charge in [-0.2, -0.15) is 0 Å². The molecule has 0 fully saturated rings. The van der Waals surface area contributed by atoms with Crippen LogP contribution < -0.4 is 0 Å². The van der Waals surface area contributed by atoms with Crippen molar-refractivity contribution in [3.63, 3.8) is 0 Å². The monoisotopic (exact) mass is 896 g/mol. The summed E-state index contributed by atoms with van der Waals surface area (Å²) >= 11 is 11.5. The zero-order chi connectivity index (χ0) is 41.0. The summed E-state index contributed by atoms with van der Waals surface area (Å²) in [4.78, 5) is 24.6. The molecule has 306 valence electrons. The summed E-state index contributed by atoms with van der Waals surface area (Å²) in [6.45, 7) is 9.24. The van der Waals surface area contributed by atoms with E-state index in [2.05, 4.69) is 123 Å². The predicted octanol–water partition coefficient (Wildman–Crippen LogP) is 18.5. The Bertz CT molecular complexity index is 2630. The second kappa shape index (κ2) is 19.1. The van der Waals surface area contributed by atoms with Crippen LogP contribution in [0.1, 0.15) is 101 Å². The van der Waals surface area contributed by atoms with Crippen LogP contribution >= 0.6 is 68.0 Å². The molecule has 60 heavy (non-hydrogen) atoms. The van der Waals surface area contributed by atoms with E-state index >= 15 is 0 Å². The molecule has 0 saturated carbocycles. The van der Waals surface area contributed by atoms with Gasteiger partial charge >= 0.3 is 0 Å². The Morgan fingerprint density at radius 2 is 0.717 bits per heavy atom. The van der Waals surface area contributed by atoms with Crippen molar-refractivity contribution in [1.82, 2.24) is 9.97 Å². The summed E-state index contributed by atoms with van der Waals surface area (Å²) in [5.41, 5.74) is 10.3. The first-order valence-corrected chi connectivity index (χ1v) is 26.9. The number of unbranched alkanes of at least 4 members (excludes halogenated alkanes) is 4. The fourth-order valence-electron chi connectivity index (χ4n) is 8.32. The smallest absolute Gasteiger partial charge is 0.0972 e. The van der Waals surface area contributed by atoms with Gasteiger partial charge in [0.15, 0.2) is 0 Å². The molecule has 0 radical (unpaired) electrons. The minimum Gasteiger partial charge on any atom is -0.245 e. The van der Waals surface area contributed by atoms with Gasteiger partial charge < -0.3 is 0 Å². The maximum Gasteiger partial charge on any atom is 0.0972 e. The van der Waals surface area contributed by atoms with Gasteiger partial charge in [0.25, 0.3) is 0 Å². The quantitative estimate of drug-likeness (QED) is 0.0802. The molecule has 8 heterocycles. The second-order valence-corrected chi connectivity index (χ2v) is 21.8. The van der Waals surface area contributed by atoms with Crippen LogP contribution in [0.3, 0.4) is 0 Å². The summed E-state index contributed by atoms with van der Waals surface area (Å²) in [5, 5.41) is 6.69. The molecule has 0 aliphatic carbocycles. The van der Waals surface area contributed by atoms with Crippen molar-refractivity contribution >= 4 is 89.8 Å². The molecule has 2 nitrogen and oxygen atoms in total. The van der Waals surface area contributed by atoms with E-state index < -0.39 is 0 Å². The molecular formula is C52H52N2S6. The molecule has 0 amide bonds. The topological polar surface area (TPSA) is 25.8 Å². The van der Waals surface area contributed by atoms with Gasteiger partial charge in [0.2, 0.25) is 0 Å². The number of nitrogens with zero attached hydrogens (tertiary/aromatic N) is 2. The van der Waals surface area contributed by atoms with Crippen LogP contribution in [0.5, 0.6) is 0 Å². The largest absolute Gasteiger partial charge is 0.245 e. The zero-order valence-corrected chi connectivity index (χ0v) is 40.0. The SMILES string of the molecule is CCCCc1c(-c2cccs2)sc(-c2ccc(-c3ccc4ccc5ccc(-c6ccc(-c7sc(-c8cccs8)c(CCCC)c7CCCC)s6)nc5c4n3)s2)c1CCCC. The van der Waals surface area contributed by atoms with Crippen LogP contribution in [0, 0.1) is 0 Å². The summed E-state index contributed by atoms with van der Waals surface area (Å²) in [6.07, 6.45) is 14.3. The third kappa shape index (κ3) is 8.41. The first-order valence-electron chi connectivity index (χ1n) is 21.9. The van der Waals surface area contributed by atoms with E-state index in [1.165, 1.54) is 100 Å². The highest BCUT2D eigenvalue weighted by Gasteiger charge is 2.24. The fourth-order valence-corrected chi connectivity index (χ4v) is 15.1. The molecule has 9 rings (SSSR count). The Morgan fingerprint density at radius 3 is 1.07 bits per heavy atom. The van der Waals surface area contributed by atoms with Gasteiger partial charge in [0.05, 0.1) is 32.2 Å². The molecule has 1 aromatic carbocycles. The molecule has 0 N–H and O–H groups in total. The van der Waals surface area contributed by atoms with Crippen molar-refractivity contribution in [3.05, 3.63) is 118 Å². The van der Waals surface area contributed by atoms with Crippen LogP contribution in [0.15, 0.2) is 95.7 Å². The van der Waals surface area contributed by atoms with E-state index in [0.29, 0.717) is 0 Å². The Kier molecular flexibility index (Phi) is 13.2. The van der Waals surface area contributed by atoms with Crippen molar-refractivity contribution in [1.29, 1.82) is 0 Å². The lowest BCUT2D eigenvalue weighted by molar-refractivity contribution is 0.764. The molecule has 0 spiro atoms. The third-order valence-corrected chi connectivity index (χ3v) is 18.8. The minimum atomic E-state index is 0.974. The highest BCUT2D eigenvalue weighted by atomic mass is 32.1. The number of aromatic nitrogens is 2. The molecule has 0 saturated heterocycles. The molecular weight excluding hydrogens is 845 g/mol. The average Bonchev–Trinajstić information content (AvgIpc) is 4.14. The summed E-state index contributed by atoms with van der Waals surface area (Å²) in [5.74, 6) is 0. The number of benzene rings is 1. The molecule has 0 aliphatic heterocycles. The molecule has 0 aliphatic rings. The van der Waals surface area contributed by atoms with Gasteiger partial charge in [-0.15, -0.1) is 68.0 Å². The summed E-state index contributed by atoms with van der Waals surface area (Å²) in [7, 11) is 0. The molecule has 0 unspecified atom stereocenters. The normalized spacial score (nSPS) is 11.8. The van der Waals surface area contributed by atoms with Gasteiger partial charge in [-0.3, -0.25) is 0 Å². The van der Waals surface area contributed by atoms with E-state index in [1.54, 1.807) is 22.3 Å². The minimum absolute atomic E-state index is 0.974. The third-order valence-electron chi connectivity index (χ3n) is 11.5. The van der Waals surface area contributed by atoms with E-state index in [0.717, 1.165) is 58.9 Å². The van der Waals surface area contributed by atoms with Crippen LogP contribution in [0.25, 0.3) is 82.0 Å². The summed E-state index contributed by atoms with van der Waals surface area (Å²) < 4.78 is 0. The first-order chi connectivity index (χ1) is 29.6. The number of hydrogen-bond donors (Lipinski definition) is 0. The molecule has 8 heteroatoms. The van der Waals surface area contributed by atoms with Gasteiger partial charge in [-0.05, 0) is 133 Å². The van der Waals surface area contributed by atoms with Gasteiger partial charge in [0, 0.05) is 49.8 Å². The van der Waals surface area contributed by atoms with Crippen LogP contribution in [0.2, 0.25) is 0 Å². The van der Waals surface area contributed by atoms with E-state index in [4.69, 9.17) is 9.97 Å². The van der Waals surface area contributed by atoms with E-state index in [-0.39, 0.29) is 0 Å². The molecule has 0 bridgehead atoms. The first kappa shape index (κ1) is 41.6. The predicted molar refractivity (Wildman–Crippen MR) is 271 cm³/mol. The molecule has 0 atom stereocenters. The lowest BCUT2D eigenvalue weighted by Crippen LogP contribution is -1.94. The van der Waals surface area contributed by atoms with Gasteiger partial charge in [0.1, 0.15) is 0 Å². The Labute approximate surface area is 379 Å². The van der Waals surface area contributed by atoms with Crippen LogP contribution in [0.4, 0.5) is 0 Å². The van der Waals surface area contributed by atoms with Gasteiger partial charge in [-0.25, -0.2) is 9.97 Å². The van der Waals surface area contributed by atoms with Crippen molar-refractivity contribution in [2.24, 2.45) is 0 Å². The second-order valence-electron chi connectivity index (χ2n) is 15.7. The van der Waals surface area contributed by atoms with Crippen molar-refractivity contribution in [2.45, 2.75) is 105 Å². The van der Waals surface area contributed by atoms with Crippen LogP contribution in [-0.4, -0.2) is 9.97 Å². The summed E-state index contributed by atoms with van der Waals surface area (Å²) in [6, 6.07) is 31.6. The number of rotatable bonds is 18. The number of pyridine rings is 2. The van der Waals surface area contributed by atoms with Crippen molar-refractivity contribution in [2.75, 3.05) is 0 Å². The van der Waals surface area contributed by atoms with Gasteiger partial charge in [-0.1, -0.05) is 89.8 Å². The van der Waals surface area contributed by atoms with E-state index in [9.17, 15) is 0 Å². The Morgan fingerprint density at radius 1 is 0.367 bits per heavy atom. The van der Waals surface area contributed by atoms with Crippen molar-refractivity contribution < 1.29 is 0 Å². The highest BCUT2D eigenvalue weighted by Crippen LogP contribution is 2.49. The molecule has 8 aromatic heterocycles. The lowest BCUT2D eigenvalue weighted by Gasteiger charge is -2.08. The van der Waals surface area contributed by atoms with Crippen molar-refractivity contribution in [3.8, 4) is 60.2 Å². The number of hydrogen-bond acceptors (Lipinski definition) is 8. The highest BCUT2D eigenvalue weighted by molar-refractivity contribution is 7.28. The van der Waals surface area contributed by atoms with Crippen LogP contribution in [-0.2, 0) is 25.7 Å². The number of fused-ring (bicyclic) bond motifs is 3. The zero-order valence-electron chi connectivity index (χ0n) is 35.1. The molecule has 9 aromatic rings.